The highest BCUT2D eigenvalue weighted by molar-refractivity contribution is 7.99. The lowest BCUT2D eigenvalue weighted by Crippen LogP contribution is -2.47. The maximum Gasteiger partial charge on any atom is 0.118 e. The van der Waals surface area contributed by atoms with Gasteiger partial charge in [-0.05, 0) is 49.1 Å². The molecule has 3 rings (SSSR count). The summed E-state index contributed by atoms with van der Waals surface area (Å²) in [6, 6.07) is 9.33. The molecule has 0 radical (unpaired) electrons. The van der Waals surface area contributed by atoms with Crippen molar-refractivity contribution in [2.45, 2.75) is 37.1 Å². The van der Waals surface area contributed by atoms with Crippen LogP contribution in [0, 0.1) is 0 Å². The molecule has 0 aliphatic carbocycles. The van der Waals surface area contributed by atoms with E-state index in [2.05, 4.69) is 41.3 Å². The molecule has 0 spiro atoms. The molecule has 0 unspecified atom stereocenters. The number of hydrogen-bond acceptors (Lipinski definition) is 4. The van der Waals surface area contributed by atoms with E-state index in [0.29, 0.717) is 6.04 Å². The highest BCUT2D eigenvalue weighted by Crippen LogP contribution is 2.35. The van der Waals surface area contributed by atoms with Crippen molar-refractivity contribution in [3.63, 3.8) is 0 Å². The Kier molecular flexibility index (Phi) is 5.66. The van der Waals surface area contributed by atoms with Crippen LogP contribution in [0.2, 0.25) is 0 Å². The summed E-state index contributed by atoms with van der Waals surface area (Å²) >= 11 is 2.09. The highest BCUT2D eigenvalue weighted by Gasteiger charge is 2.35. The molecule has 2 fully saturated rings. The fraction of sp³-hybridized carbons (Fsp3) is 0.667. The third-order valence-corrected chi connectivity index (χ3v) is 6.26. The van der Waals surface area contributed by atoms with Gasteiger partial charge in [0.25, 0.3) is 0 Å². The SMILES string of the molecule is COc1ccc(C2(CN[C@H]3CCCSC3)CCOCC2)cc1. The Morgan fingerprint density at radius 3 is 2.68 bits per heavy atom. The smallest absolute Gasteiger partial charge is 0.118 e. The lowest BCUT2D eigenvalue weighted by atomic mass is 9.74. The lowest BCUT2D eigenvalue weighted by molar-refractivity contribution is 0.0489. The van der Waals surface area contributed by atoms with Crippen LogP contribution < -0.4 is 10.1 Å². The number of ether oxygens (including phenoxy) is 2. The normalized spacial score (nSPS) is 24.9. The van der Waals surface area contributed by atoms with Gasteiger partial charge in [-0.2, -0.15) is 11.8 Å². The summed E-state index contributed by atoms with van der Waals surface area (Å²) in [6.07, 6.45) is 4.88. The molecular weight excluding hydrogens is 294 g/mol. The summed E-state index contributed by atoms with van der Waals surface area (Å²) in [6.45, 7) is 2.80. The Hall–Kier alpha value is -0.710. The third kappa shape index (κ3) is 3.79. The second-order valence-electron chi connectivity index (χ2n) is 6.42. The molecule has 0 aromatic heterocycles. The molecule has 2 aliphatic heterocycles. The van der Waals surface area contributed by atoms with Crippen molar-refractivity contribution in [1.29, 1.82) is 0 Å². The number of benzene rings is 1. The predicted octanol–water partition coefficient (Wildman–Crippen LogP) is 3.23. The molecule has 4 heteroatoms. The van der Waals surface area contributed by atoms with Crippen LogP contribution in [0.4, 0.5) is 0 Å². The van der Waals surface area contributed by atoms with E-state index in [1.54, 1.807) is 7.11 Å². The first-order chi connectivity index (χ1) is 10.8. The van der Waals surface area contributed by atoms with Gasteiger partial charge in [-0.3, -0.25) is 0 Å². The first-order valence-corrected chi connectivity index (χ1v) is 9.51. The van der Waals surface area contributed by atoms with E-state index in [1.807, 2.05) is 0 Å². The lowest BCUT2D eigenvalue weighted by Gasteiger charge is -2.39. The minimum atomic E-state index is 0.215. The van der Waals surface area contributed by atoms with Crippen LogP contribution in [0.1, 0.15) is 31.2 Å². The Morgan fingerprint density at radius 1 is 1.27 bits per heavy atom. The van der Waals surface area contributed by atoms with Crippen molar-refractivity contribution < 1.29 is 9.47 Å². The van der Waals surface area contributed by atoms with E-state index in [1.165, 1.54) is 29.9 Å². The van der Waals surface area contributed by atoms with E-state index in [4.69, 9.17) is 9.47 Å². The molecule has 0 amide bonds. The molecule has 2 aliphatic rings. The molecule has 1 aromatic rings. The Bertz CT molecular complexity index is 451. The fourth-order valence-corrected chi connectivity index (χ4v) is 4.62. The van der Waals surface area contributed by atoms with Crippen LogP contribution in [0.15, 0.2) is 24.3 Å². The van der Waals surface area contributed by atoms with Crippen LogP contribution in [0.25, 0.3) is 0 Å². The predicted molar refractivity (Wildman–Crippen MR) is 93.1 cm³/mol. The largest absolute Gasteiger partial charge is 0.497 e. The minimum absolute atomic E-state index is 0.215. The maximum absolute atomic E-state index is 5.63. The Labute approximate surface area is 138 Å². The molecular formula is C18H27NO2S. The average molecular weight is 321 g/mol. The van der Waals surface area contributed by atoms with Crippen molar-refractivity contribution in [3.8, 4) is 5.75 Å². The van der Waals surface area contributed by atoms with Gasteiger partial charge in [-0.25, -0.2) is 0 Å². The van der Waals surface area contributed by atoms with Gasteiger partial charge in [0.2, 0.25) is 0 Å². The van der Waals surface area contributed by atoms with E-state index in [-0.39, 0.29) is 5.41 Å². The first-order valence-electron chi connectivity index (χ1n) is 8.36. The summed E-state index contributed by atoms with van der Waals surface area (Å²) in [4.78, 5) is 0. The zero-order valence-electron chi connectivity index (χ0n) is 13.5. The first kappa shape index (κ1) is 16.2. The fourth-order valence-electron chi connectivity index (χ4n) is 3.52. The third-order valence-electron chi connectivity index (χ3n) is 5.04. The number of hydrogen-bond donors (Lipinski definition) is 1. The van der Waals surface area contributed by atoms with Gasteiger partial charge in [0.05, 0.1) is 7.11 Å². The molecule has 22 heavy (non-hydrogen) atoms. The molecule has 2 saturated heterocycles. The molecule has 1 N–H and O–H groups in total. The Morgan fingerprint density at radius 2 is 2.05 bits per heavy atom. The second-order valence-corrected chi connectivity index (χ2v) is 7.57. The standard InChI is InChI=1S/C18H27NO2S/c1-20-17-6-4-15(5-7-17)18(8-10-21-11-9-18)14-19-16-3-2-12-22-13-16/h4-7,16,19H,2-3,8-14H2,1H3/t16-/m0/s1. The van der Waals surface area contributed by atoms with Gasteiger partial charge in [-0.1, -0.05) is 12.1 Å². The summed E-state index contributed by atoms with van der Waals surface area (Å²) < 4.78 is 10.9. The van der Waals surface area contributed by atoms with Crippen molar-refractivity contribution in [2.75, 3.05) is 38.4 Å². The summed E-state index contributed by atoms with van der Waals surface area (Å²) in [5, 5.41) is 3.85. The summed E-state index contributed by atoms with van der Waals surface area (Å²) in [5.41, 5.74) is 1.64. The molecule has 1 atom stereocenters. The number of methoxy groups -OCH3 is 1. The molecule has 1 aromatic carbocycles. The van der Waals surface area contributed by atoms with Crippen LogP contribution in [-0.2, 0) is 10.2 Å². The highest BCUT2D eigenvalue weighted by atomic mass is 32.2. The molecule has 3 nitrogen and oxygen atoms in total. The number of thioether (sulfide) groups is 1. The van der Waals surface area contributed by atoms with E-state index >= 15 is 0 Å². The van der Waals surface area contributed by atoms with Crippen LogP contribution in [-0.4, -0.2) is 44.4 Å². The molecule has 0 saturated carbocycles. The van der Waals surface area contributed by atoms with Gasteiger partial charge >= 0.3 is 0 Å². The minimum Gasteiger partial charge on any atom is -0.497 e. The van der Waals surface area contributed by atoms with Gasteiger partial charge in [0, 0.05) is 37.0 Å². The van der Waals surface area contributed by atoms with Gasteiger partial charge in [0.15, 0.2) is 0 Å². The average Bonchev–Trinajstić information content (AvgIpc) is 2.62. The van der Waals surface area contributed by atoms with Gasteiger partial charge < -0.3 is 14.8 Å². The second kappa shape index (κ2) is 7.71. The number of rotatable bonds is 5. The van der Waals surface area contributed by atoms with Crippen LogP contribution in [0.3, 0.4) is 0 Å². The molecule has 2 heterocycles. The quantitative estimate of drug-likeness (QED) is 0.902. The molecule has 0 bridgehead atoms. The van der Waals surface area contributed by atoms with E-state index < -0.39 is 0 Å². The van der Waals surface area contributed by atoms with Gasteiger partial charge in [-0.15, -0.1) is 0 Å². The van der Waals surface area contributed by atoms with Crippen molar-refractivity contribution in [2.24, 2.45) is 0 Å². The summed E-state index contributed by atoms with van der Waals surface area (Å²) in [5.74, 6) is 3.52. The van der Waals surface area contributed by atoms with E-state index in [9.17, 15) is 0 Å². The van der Waals surface area contributed by atoms with Crippen LogP contribution in [0.5, 0.6) is 5.75 Å². The Balaban J connectivity index is 1.71. The zero-order valence-corrected chi connectivity index (χ0v) is 14.3. The van der Waals surface area contributed by atoms with E-state index in [0.717, 1.165) is 38.3 Å². The van der Waals surface area contributed by atoms with Crippen molar-refractivity contribution in [1.82, 2.24) is 5.32 Å². The monoisotopic (exact) mass is 321 g/mol. The zero-order chi connectivity index (χ0) is 15.3. The van der Waals surface area contributed by atoms with Crippen molar-refractivity contribution >= 4 is 11.8 Å². The van der Waals surface area contributed by atoms with Crippen LogP contribution >= 0.6 is 11.8 Å². The number of nitrogens with one attached hydrogen (secondary N) is 1. The van der Waals surface area contributed by atoms with Crippen molar-refractivity contribution in [3.05, 3.63) is 29.8 Å². The topological polar surface area (TPSA) is 30.5 Å². The maximum atomic E-state index is 5.63. The summed E-state index contributed by atoms with van der Waals surface area (Å²) in [7, 11) is 1.72. The van der Waals surface area contributed by atoms with Gasteiger partial charge in [0.1, 0.15) is 5.75 Å². The molecule has 122 valence electrons.